The van der Waals surface area contributed by atoms with Gasteiger partial charge in [-0.3, -0.25) is 19.2 Å². The third-order valence-corrected chi connectivity index (χ3v) is 22.6. The van der Waals surface area contributed by atoms with Crippen LogP contribution in [-0.2, 0) is 10.8 Å². The number of halogens is 2. The molecule has 9 aromatic carbocycles. The lowest BCUT2D eigenvalue weighted by molar-refractivity contribution is 0.0877. The first-order valence-corrected chi connectivity index (χ1v) is 36.5. The molecule has 8 heteroatoms. The SMILES string of the molecule is CCCCCCCCC1(CCCCCCCC)c2cc(Br)ccc2-c2ccc(N3C(=O)c4ccc5c6ccc7c8c(ccc(c9ccc(c4c59)C3=O)c86)C(=O)N(c3ccc4c(c3)C(CCCCCCCC)(CCCCCCCC)c3cc(Br)ccc3-4)C7=O)cc21. The highest BCUT2D eigenvalue weighted by molar-refractivity contribution is 9.10. The zero-order valence-electron chi connectivity index (χ0n) is 53.6. The van der Waals surface area contributed by atoms with E-state index < -0.39 is 0 Å². The average Bonchev–Trinajstić information content (AvgIpc) is 0.885. The van der Waals surface area contributed by atoms with Crippen molar-refractivity contribution in [3.8, 4) is 22.3 Å². The van der Waals surface area contributed by atoms with E-state index in [2.05, 4.69) is 120 Å². The fraction of sp³-hybridized carbons (Fsp3) is 0.415. The van der Waals surface area contributed by atoms with Crippen molar-refractivity contribution in [1.29, 1.82) is 0 Å². The molecule has 4 aliphatic rings. The Balaban J connectivity index is 0.851. The second kappa shape index (κ2) is 26.6. The summed E-state index contributed by atoms with van der Waals surface area (Å²) >= 11 is 7.76. The van der Waals surface area contributed by atoms with Gasteiger partial charge in [0.15, 0.2) is 0 Å². The van der Waals surface area contributed by atoms with Gasteiger partial charge in [0, 0.05) is 52.8 Å². The summed E-state index contributed by atoms with van der Waals surface area (Å²) in [5.41, 5.74) is 12.8. The van der Waals surface area contributed by atoms with Crippen molar-refractivity contribution in [2.24, 2.45) is 0 Å². The quantitative estimate of drug-likeness (QED) is 0.0195. The van der Waals surface area contributed by atoms with E-state index in [1.807, 2.05) is 60.7 Å². The molecule has 90 heavy (non-hydrogen) atoms. The van der Waals surface area contributed by atoms with E-state index >= 15 is 19.2 Å². The van der Waals surface area contributed by atoms with Gasteiger partial charge in [-0.1, -0.05) is 262 Å². The monoisotopic (exact) mass is 1320 g/mol. The smallest absolute Gasteiger partial charge is 0.265 e. The lowest BCUT2D eigenvalue weighted by Gasteiger charge is -2.34. The molecular formula is C82H88Br2N2O4. The van der Waals surface area contributed by atoms with Crippen LogP contribution >= 0.6 is 31.9 Å². The maximum absolute atomic E-state index is 15.4. The average molecular weight is 1330 g/mol. The number of carbonyl (C=O) groups is 4. The molecule has 2 aliphatic carbocycles. The highest BCUT2D eigenvalue weighted by atomic mass is 79.9. The fourth-order valence-electron chi connectivity index (χ4n) is 17.1. The molecule has 4 amide bonds. The van der Waals surface area contributed by atoms with Crippen LogP contribution in [0.25, 0.3) is 65.3 Å². The molecule has 6 nitrogen and oxygen atoms in total. The molecule has 0 radical (unpaired) electrons. The summed E-state index contributed by atoms with van der Waals surface area (Å²) in [6.45, 7) is 9.09. The molecule has 0 fully saturated rings. The van der Waals surface area contributed by atoms with E-state index in [1.54, 1.807) is 0 Å². The predicted molar refractivity (Wildman–Crippen MR) is 383 cm³/mol. The lowest BCUT2D eigenvalue weighted by atomic mass is 9.70. The molecule has 0 aromatic heterocycles. The summed E-state index contributed by atoms with van der Waals surface area (Å²) in [5.74, 6) is -1.32. The van der Waals surface area contributed by atoms with E-state index in [0.717, 1.165) is 92.6 Å². The van der Waals surface area contributed by atoms with Crippen LogP contribution in [0.4, 0.5) is 11.4 Å². The maximum atomic E-state index is 15.4. The minimum atomic E-state index is -0.329. The largest absolute Gasteiger partial charge is 0.268 e. The first-order valence-electron chi connectivity index (χ1n) is 34.9. The minimum Gasteiger partial charge on any atom is -0.268 e. The molecule has 0 spiro atoms. The second-order valence-electron chi connectivity index (χ2n) is 27.1. The Morgan fingerprint density at radius 1 is 0.278 bits per heavy atom. The maximum Gasteiger partial charge on any atom is 0.265 e. The number of carbonyl (C=O) groups excluding carboxylic acids is 4. The summed E-state index contributed by atoms with van der Waals surface area (Å²) in [4.78, 5) is 64.6. The van der Waals surface area contributed by atoms with Crippen LogP contribution in [0, 0.1) is 0 Å². The van der Waals surface area contributed by atoms with Gasteiger partial charge in [-0.05, 0) is 175 Å². The molecule has 0 saturated carbocycles. The zero-order valence-corrected chi connectivity index (χ0v) is 56.8. The van der Waals surface area contributed by atoms with Gasteiger partial charge in [-0.25, -0.2) is 9.80 Å². The van der Waals surface area contributed by atoms with Crippen LogP contribution in [0.15, 0.2) is 130 Å². The van der Waals surface area contributed by atoms with Crippen molar-refractivity contribution >= 4 is 110 Å². The Bertz CT molecular complexity index is 3830. The van der Waals surface area contributed by atoms with Crippen molar-refractivity contribution in [2.45, 2.75) is 218 Å². The number of rotatable bonds is 30. The number of nitrogens with zero attached hydrogens (tertiary/aromatic N) is 2. The molecule has 2 aliphatic heterocycles. The van der Waals surface area contributed by atoms with Crippen LogP contribution < -0.4 is 9.80 Å². The van der Waals surface area contributed by atoms with Gasteiger partial charge in [-0.15, -0.1) is 0 Å². The van der Waals surface area contributed by atoms with E-state index in [9.17, 15) is 0 Å². The molecule has 0 unspecified atom stereocenters. The molecule has 0 N–H and O–H groups in total. The molecule has 0 saturated heterocycles. The lowest BCUT2D eigenvalue weighted by Crippen LogP contribution is -2.41. The van der Waals surface area contributed by atoms with Crippen LogP contribution in [-0.4, -0.2) is 23.6 Å². The third kappa shape index (κ3) is 10.8. The third-order valence-electron chi connectivity index (χ3n) is 21.6. The van der Waals surface area contributed by atoms with Crippen molar-refractivity contribution in [2.75, 3.05) is 9.80 Å². The number of anilines is 2. The summed E-state index contributed by atoms with van der Waals surface area (Å²) in [6.07, 6.45) is 33.2. The number of fused-ring (bicyclic) bond motifs is 8. The van der Waals surface area contributed by atoms with E-state index in [0.29, 0.717) is 44.4 Å². The van der Waals surface area contributed by atoms with Crippen molar-refractivity contribution in [3.05, 3.63) is 175 Å². The first-order chi connectivity index (χ1) is 44.0. The van der Waals surface area contributed by atoms with Gasteiger partial charge in [-0.2, -0.15) is 0 Å². The fourth-order valence-corrected chi connectivity index (χ4v) is 17.8. The summed E-state index contributed by atoms with van der Waals surface area (Å²) in [5, 5.41) is 6.53. The minimum absolute atomic E-state index is 0.248. The number of hydrogen-bond donors (Lipinski definition) is 0. The zero-order chi connectivity index (χ0) is 62.3. The van der Waals surface area contributed by atoms with E-state index in [-0.39, 0.29) is 34.5 Å². The van der Waals surface area contributed by atoms with Gasteiger partial charge in [0.1, 0.15) is 0 Å². The number of imide groups is 2. The predicted octanol–water partition coefficient (Wildman–Crippen LogP) is 24.4. The topological polar surface area (TPSA) is 74.8 Å². The van der Waals surface area contributed by atoms with Gasteiger partial charge in [0.25, 0.3) is 23.6 Å². The molecule has 9 aromatic rings. The number of amides is 4. The Morgan fingerprint density at radius 3 is 0.811 bits per heavy atom. The van der Waals surface area contributed by atoms with Crippen LogP contribution in [0.2, 0.25) is 0 Å². The van der Waals surface area contributed by atoms with E-state index in [4.69, 9.17) is 0 Å². The Kier molecular flexibility index (Phi) is 18.4. The summed E-state index contributed by atoms with van der Waals surface area (Å²) in [7, 11) is 0. The summed E-state index contributed by atoms with van der Waals surface area (Å²) in [6, 6.07) is 41.9. The molecule has 2 heterocycles. The van der Waals surface area contributed by atoms with Gasteiger partial charge in [0.2, 0.25) is 0 Å². The van der Waals surface area contributed by atoms with Crippen LogP contribution in [0.3, 0.4) is 0 Å². The standard InChI is InChI=1S/C82H88Br2N2O4/c1-5-9-13-17-21-25-45-81(46-26-22-18-14-10-6-2)69-49-53(83)29-33-57(69)59-35-31-55(51-71(59)81)85-77(87)65-41-37-61-63-39-43-67-76-68(44-40-64(74(63)76)62-38-42-66(78(85)88)75(65)73(61)62)80(90)86(79(67)89)56-32-36-60-58-34-30-54(84)50-70(58)82(72(60)52-56,47-27-23-19-15-11-7-3)48-28-24-20-16-12-8-4/h29-44,49-52H,5-28,45-48H2,1-4H3. The van der Waals surface area contributed by atoms with Crippen molar-refractivity contribution in [1.82, 2.24) is 0 Å². The second-order valence-corrected chi connectivity index (χ2v) is 28.9. The number of unbranched alkanes of at least 4 members (excludes halogenated alkanes) is 20. The number of hydrogen-bond acceptors (Lipinski definition) is 4. The molecule has 0 bridgehead atoms. The van der Waals surface area contributed by atoms with Crippen molar-refractivity contribution in [3.63, 3.8) is 0 Å². The highest BCUT2D eigenvalue weighted by Crippen LogP contribution is 2.58. The Labute approximate surface area is 550 Å². The van der Waals surface area contributed by atoms with Crippen LogP contribution in [0.5, 0.6) is 0 Å². The Morgan fingerprint density at radius 2 is 0.522 bits per heavy atom. The van der Waals surface area contributed by atoms with Crippen molar-refractivity contribution < 1.29 is 19.2 Å². The van der Waals surface area contributed by atoms with Gasteiger partial charge < -0.3 is 0 Å². The summed E-state index contributed by atoms with van der Waals surface area (Å²) < 4.78 is 2.15. The normalized spacial score (nSPS) is 15.1. The molecule has 0 atom stereocenters. The van der Waals surface area contributed by atoms with Gasteiger partial charge in [0.05, 0.1) is 11.4 Å². The molecule has 464 valence electrons. The first kappa shape index (κ1) is 62.3. The number of benzene rings is 9. The van der Waals surface area contributed by atoms with Crippen LogP contribution in [0.1, 0.15) is 271 Å². The highest BCUT2D eigenvalue weighted by Gasteiger charge is 2.46. The van der Waals surface area contributed by atoms with Gasteiger partial charge >= 0.3 is 0 Å². The molecule has 13 rings (SSSR count). The Hall–Kier alpha value is -6.48. The molecular weight excluding hydrogens is 1240 g/mol. The van der Waals surface area contributed by atoms with E-state index in [1.165, 1.54) is 183 Å².